The molecule has 1 aromatic heterocycles. The molecule has 8 nitrogen and oxygen atoms in total. The predicted octanol–water partition coefficient (Wildman–Crippen LogP) is 3.91. The zero-order valence-corrected chi connectivity index (χ0v) is 22.7. The van der Waals surface area contributed by atoms with Crippen LogP contribution in [0.4, 0.5) is 11.5 Å². The topological polar surface area (TPSA) is 95.0 Å². The van der Waals surface area contributed by atoms with Crippen molar-refractivity contribution >= 4 is 35.0 Å². The number of carbonyl (C=O) groups is 2. The van der Waals surface area contributed by atoms with Crippen LogP contribution < -0.4 is 15.1 Å². The van der Waals surface area contributed by atoms with Crippen molar-refractivity contribution in [1.82, 2.24) is 10.3 Å². The Morgan fingerprint density at radius 1 is 1.13 bits per heavy atom. The van der Waals surface area contributed by atoms with Crippen molar-refractivity contribution < 1.29 is 19.4 Å². The molecular formula is C29H35ClN4O4. The summed E-state index contributed by atoms with van der Waals surface area (Å²) in [6.07, 6.45) is 4.74. The van der Waals surface area contributed by atoms with Gasteiger partial charge < -0.3 is 25.0 Å². The number of pyridine rings is 1. The minimum atomic E-state index is -0.512. The summed E-state index contributed by atoms with van der Waals surface area (Å²) in [4.78, 5) is 34.3. The molecule has 0 spiro atoms. The summed E-state index contributed by atoms with van der Waals surface area (Å²) >= 11 is 6.52. The molecule has 5 aliphatic rings. The van der Waals surface area contributed by atoms with E-state index >= 15 is 0 Å². The second-order valence-corrected chi connectivity index (χ2v) is 12.1. The second-order valence-electron chi connectivity index (χ2n) is 11.7. The molecule has 2 aromatic rings. The maximum atomic E-state index is 13.3. The van der Waals surface area contributed by atoms with Gasteiger partial charge in [0.25, 0.3) is 5.91 Å². The van der Waals surface area contributed by atoms with E-state index in [-0.39, 0.29) is 18.0 Å². The van der Waals surface area contributed by atoms with Gasteiger partial charge in [0.05, 0.1) is 29.0 Å². The molecule has 4 saturated carbocycles. The number of carbonyl (C=O) groups excluding carboxylic acids is 2. The lowest BCUT2D eigenvalue weighted by Crippen LogP contribution is -2.61. The van der Waals surface area contributed by atoms with Crippen LogP contribution >= 0.6 is 11.6 Å². The third-order valence-electron chi connectivity index (χ3n) is 9.14. The summed E-state index contributed by atoms with van der Waals surface area (Å²) in [5, 5.41) is 14.7. The third-order valence-corrected chi connectivity index (χ3v) is 9.44. The number of aromatic nitrogens is 1. The van der Waals surface area contributed by atoms with E-state index in [0.29, 0.717) is 34.0 Å². The monoisotopic (exact) mass is 538 g/mol. The molecule has 38 heavy (non-hydrogen) atoms. The maximum Gasteiger partial charge on any atom is 0.337 e. The normalized spacial score (nSPS) is 31.8. The number of methoxy groups -OCH3 is 1. The fraction of sp³-hybridized carbons (Fsp3) is 0.552. The van der Waals surface area contributed by atoms with E-state index in [4.69, 9.17) is 21.3 Å². The summed E-state index contributed by atoms with van der Waals surface area (Å²) in [5.74, 6) is 1.58. The molecule has 1 aliphatic heterocycles. The molecule has 2 N–H and O–H groups in total. The van der Waals surface area contributed by atoms with Crippen molar-refractivity contribution in [2.75, 3.05) is 36.5 Å². The number of rotatable bonds is 5. The first kappa shape index (κ1) is 25.4. The van der Waals surface area contributed by atoms with Gasteiger partial charge in [-0.3, -0.25) is 4.79 Å². The van der Waals surface area contributed by atoms with Crippen LogP contribution in [0.2, 0.25) is 5.02 Å². The van der Waals surface area contributed by atoms with Crippen LogP contribution in [0.25, 0.3) is 0 Å². The van der Waals surface area contributed by atoms with Gasteiger partial charge in [0.15, 0.2) is 0 Å². The van der Waals surface area contributed by atoms with Crippen LogP contribution in [0.15, 0.2) is 36.4 Å². The SMILES string of the molecule is COC(=O)c1ccc(N2CCN(c3cccc(C(=O)N[C@H]4C5CC6CC4C[C@](O)(C6)C5)n3)[C@H](C)C2)c(Cl)c1. The molecule has 4 bridgehead atoms. The Balaban J connectivity index is 1.12. The molecule has 7 rings (SSSR count). The van der Waals surface area contributed by atoms with E-state index in [0.717, 1.165) is 63.2 Å². The van der Waals surface area contributed by atoms with Crippen LogP contribution in [0.3, 0.4) is 0 Å². The summed E-state index contributed by atoms with van der Waals surface area (Å²) in [6.45, 7) is 4.32. The molecule has 202 valence electrons. The Hall–Kier alpha value is -2.84. The first-order chi connectivity index (χ1) is 18.2. The molecule has 5 fully saturated rings. The summed E-state index contributed by atoms with van der Waals surface area (Å²) in [5.41, 5.74) is 1.23. The van der Waals surface area contributed by atoms with Gasteiger partial charge in [-0.1, -0.05) is 17.7 Å². The lowest BCUT2D eigenvalue weighted by molar-refractivity contribution is -0.136. The number of hydrogen-bond donors (Lipinski definition) is 2. The maximum absolute atomic E-state index is 13.3. The zero-order valence-electron chi connectivity index (χ0n) is 21.9. The van der Waals surface area contributed by atoms with Gasteiger partial charge in [-0.05, 0) is 87.1 Å². The van der Waals surface area contributed by atoms with Crippen LogP contribution in [0, 0.1) is 17.8 Å². The number of esters is 1. The standard InChI is InChI=1S/C29H35ClN4O4/c1-17-16-33(24-7-6-19(12-22(24)30)28(36)38-2)8-9-34(17)25-5-3-4-23(31-25)27(35)32-26-20-10-18-11-21(26)15-29(37,13-18)14-20/h3-7,12,17-18,20-21,26,37H,8-11,13-16H2,1-2H3,(H,32,35)/t17-,18?,20?,21?,26-,29-/m1/s1. The molecule has 2 unspecified atom stereocenters. The Morgan fingerprint density at radius 3 is 2.55 bits per heavy atom. The Morgan fingerprint density at radius 2 is 1.89 bits per heavy atom. The zero-order chi connectivity index (χ0) is 26.6. The van der Waals surface area contributed by atoms with Crippen molar-refractivity contribution in [3.63, 3.8) is 0 Å². The first-order valence-electron chi connectivity index (χ1n) is 13.6. The molecule has 2 heterocycles. The van der Waals surface area contributed by atoms with Crippen LogP contribution in [-0.4, -0.2) is 66.4 Å². The fourth-order valence-electron chi connectivity index (χ4n) is 7.68. The van der Waals surface area contributed by atoms with Crippen molar-refractivity contribution in [3.8, 4) is 0 Å². The van der Waals surface area contributed by atoms with Crippen molar-refractivity contribution in [1.29, 1.82) is 0 Å². The van der Waals surface area contributed by atoms with Crippen molar-refractivity contribution in [3.05, 3.63) is 52.7 Å². The second kappa shape index (κ2) is 9.72. The van der Waals surface area contributed by atoms with E-state index < -0.39 is 11.6 Å². The van der Waals surface area contributed by atoms with Crippen LogP contribution in [0.1, 0.15) is 59.9 Å². The molecule has 1 saturated heterocycles. The predicted molar refractivity (Wildman–Crippen MR) is 146 cm³/mol. The van der Waals surface area contributed by atoms with E-state index in [2.05, 4.69) is 22.0 Å². The van der Waals surface area contributed by atoms with Gasteiger partial charge in [0.2, 0.25) is 0 Å². The molecule has 1 amide bonds. The van der Waals surface area contributed by atoms with E-state index in [1.54, 1.807) is 18.2 Å². The van der Waals surface area contributed by atoms with E-state index in [1.807, 2.05) is 18.2 Å². The number of anilines is 2. The molecule has 0 radical (unpaired) electrons. The summed E-state index contributed by atoms with van der Waals surface area (Å²) in [7, 11) is 1.35. The number of ether oxygens (including phenoxy) is 1. The molecule has 1 aromatic carbocycles. The number of nitrogens with zero attached hydrogens (tertiary/aromatic N) is 3. The molecular weight excluding hydrogens is 504 g/mol. The van der Waals surface area contributed by atoms with Gasteiger partial charge in [0, 0.05) is 31.7 Å². The molecule has 3 atom stereocenters. The summed E-state index contributed by atoms with van der Waals surface area (Å²) < 4.78 is 4.79. The van der Waals surface area contributed by atoms with E-state index in [9.17, 15) is 14.7 Å². The first-order valence-corrected chi connectivity index (χ1v) is 14.0. The third kappa shape index (κ3) is 4.62. The largest absolute Gasteiger partial charge is 0.465 e. The number of benzene rings is 1. The lowest BCUT2D eigenvalue weighted by atomic mass is 9.52. The lowest BCUT2D eigenvalue weighted by Gasteiger charge is -2.58. The van der Waals surface area contributed by atoms with Crippen LogP contribution in [-0.2, 0) is 4.74 Å². The highest BCUT2D eigenvalue weighted by atomic mass is 35.5. The minimum absolute atomic E-state index is 0.125. The number of halogens is 1. The minimum Gasteiger partial charge on any atom is -0.465 e. The number of aliphatic hydroxyl groups is 1. The Labute approximate surface area is 228 Å². The highest BCUT2D eigenvalue weighted by Crippen LogP contribution is 2.55. The highest BCUT2D eigenvalue weighted by Gasteiger charge is 2.55. The van der Waals surface area contributed by atoms with Crippen molar-refractivity contribution in [2.24, 2.45) is 17.8 Å². The smallest absolute Gasteiger partial charge is 0.337 e. The van der Waals surface area contributed by atoms with Gasteiger partial charge in [-0.25, -0.2) is 9.78 Å². The van der Waals surface area contributed by atoms with Gasteiger partial charge in [-0.2, -0.15) is 0 Å². The average Bonchev–Trinajstić information content (AvgIpc) is 2.89. The number of nitrogens with one attached hydrogen (secondary N) is 1. The molecule has 9 heteroatoms. The molecule has 4 aliphatic carbocycles. The van der Waals surface area contributed by atoms with Crippen LogP contribution in [0.5, 0.6) is 0 Å². The fourth-order valence-corrected chi connectivity index (χ4v) is 7.98. The number of piperazine rings is 1. The van der Waals surface area contributed by atoms with Gasteiger partial charge in [0.1, 0.15) is 11.5 Å². The Kier molecular flexibility index (Phi) is 6.51. The van der Waals surface area contributed by atoms with E-state index in [1.165, 1.54) is 7.11 Å². The quantitative estimate of drug-likeness (QED) is 0.557. The number of amides is 1. The summed E-state index contributed by atoms with van der Waals surface area (Å²) in [6, 6.07) is 11.1. The highest BCUT2D eigenvalue weighted by molar-refractivity contribution is 6.33. The average molecular weight is 539 g/mol. The Bertz CT molecular complexity index is 1240. The van der Waals surface area contributed by atoms with Gasteiger partial charge >= 0.3 is 5.97 Å². The van der Waals surface area contributed by atoms with Crippen molar-refractivity contribution in [2.45, 2.75) is 56.7 Å². The number of hydrogen-bond acceptors (Lipinski definition) is 7. The van der Waals surface area contributed by atoms with Gasteiger partial charge in [-0.15, -0.1) is 0 Å².